The molecule has 0 saturated heterocycles. The molecule has 1 rings (SSSR count). The molecule has 19 heavy (non-hydrogen) atoms. The Morgan fingerprint density at radius 1 is 0.947 bits per heavy atom. The van der Waals surface area contributed by atoms with E-state index in [0.717, 1.165) is 5.75 Å². The predicted octanol–water partition coefficient (Wildman–Crippen LogP) is 3.73. The number of hydrogen-bond donors (Lipinski definition) is 0. The fourth-order valence-electron chi connectivity index (χ4n) is 2.16. The monoisotopic (exact) mass is 263 g/mol. The largest absolute Gasteiger partial charge is 0.491 e. The second-order valence-electron chi connectivity index (χ2n) is 5.59. The highest BCUT2D eigenvalue weighted by atomic mass is 16.5. The van der Waals surface area contributed by atoms with Crippen LogP contribution in [0.2, 0.25) is 0 Å². The molecule has 0 aliphatic heterocycles. The van der Waals surface area contributed by atoms with E-state index < -0.39 is 0 Å². The maximum atomic E-state index is 12.4. The van der Waals surface area contributed by atoms with Gasteiger partial charge in [0, 0.05) is 17.6 Å². The van der Waals surface area contributed by atoms with Gasteiger partial charge in [0.25, 0.3) is 5.91 Å². The lowest BCUT2D eigenvalue weighted by molar-refractivity contribution is 0.0643. The Morgan fingerprint density at radius 3 is 1.79 bits per heavy atom. The molecule has 0 aliphatic carbocycles. The van der Waals surface area contributed by atoms with Crippen molar-refractivity contribution >= 4 is 5.91 Å². The van der Waals surface area contributed by atoms with Gasteiger partial charge in [0.05, 0.1) is 6.10 Å². The molecule has 106 valence electrons. The first-order valence-electron chi connectivity index (χ1n) is 6.92. The van der Waals surface area contributed by atoms with Crippen LogP contribution in [0.1, 0.15) is 51.9 Å². The SMILES string of the molecule is CC(C)Oc1ccc(C(=O)N(C(C)C)C(C)C)cc1. The fourth-order valence-corrected chi connectivity index (χ4v) is 2.16. The molecule has 0 N–H and O–H groups in total. The van der Waals surface area contributed by atoms with Crippen LogP contribution >= 0.6 is 0 Å². The lowest BCUT2D eigenvalue weighted by atomic mass is 10.1. The zero-order valence-corrected chi connectivity index (χ0v) is 12.8. The van der Waals surface area contributed by atoms with Crippen molar-refractivity contribution in [2.75, 3.05) is 0 Å². The summed E-state index contributed by atoms with van der Waals surface area (Å²) in [6.07, 6.45) is 0.143. The van der Waals surface area contributed by atoms with E-state index in [4.69, 9.17) is 4.74 Å². The molecule has 0 bridgehead atoms. The molecule has 1 aromatic rings. The third-order valence-corrected chi connectivity index (χ3v) is 2.82. The van der Waals surface area contributed by atoms with Crippen molar-refractivity contribution in [1.82, 2.24) is 4.90 Å². The molecule has 0 aliphatic rings. The molecule has 3 nitrogen and oxygen atoms in total. The van der Waals surface area contributed by atoms with Gasteiger partial charge >= 0.3 is 0 Å². The third-order valence-electron chi connectivity index (χ3n) is 2.82. The molecule has 3 heteroatoms. The number of amides is 1. The first-order chi connectivity index (χ1) is 8.82. The van der Waals surface area contributed by atoms with E-state index in [1.54, 1.807) is 0 Å². The number of ether oxygens (including phenoxy) is 1. The molecule has 0 fully saturated rings. The zero-order chi connectivity index (χ0) is 14.6. The molecule has 0 radical (unpaired) electrons. The maximum absolute atomic E-state index is 12.4. The number of hydrogen-bond acceptors (Lipinski definition) is 2. The van der Waals surface area contributed by atoms with Crippen molar-refractivity contribution < 1.29 is 9.53 Å². The lowest BCUT2D eigenvalue weighted by Gasteiger charge is -2.30. The third kappa shape index (κ3) is 4.27. The second kappa shape index (κ2) is 6.60. The van der Waals surface area contributed by atoms with Crippen LogP contribution in [-0.2, 0) is 0 Å². The Balaban J connectivity index is 2.88. The van der Waals surface area contributed by atoms with E-state index in [0.29, 0.717) is 5.56 Å². The molecule has 0 aromatic heterocycles. The van der Waals surface area contributed by atoms with Crippen LogP contribution in [0.4, 0.5) is 0 Å². The summed E-state index contributed by atoms with van der Waals surface area (Å²) in [6, 6.07) is 7.76. The van der Waals surface area contributed by atoms with Gasteiger partial charge in [-0.1, -0.05) is 0 Å². The van der Waals surface area contributed by atoms with E-state index in [2.05, 4.69) is 0 Å². The molecular weight excluding hydrogens is 238 g/mol. The van der Waals surface area contributed by atoms with Crippen LogP contribution in [0.3, 0.4) is 0 Å². The zero-order valence-electron chi connectivity index (χ0n) is 12.8. The van der Waals surface area contributed by atoms with Crippen LogP contribution in [-0.4, -0.2) is 29.0 Å². The Labute approximate surface area is 116 Å². The number of rotatable bonds is 5. The van der Waals surface area contributed by atoms with Crippen molar-refractivity contribution in [1.29, 1.82) is 0 Å². The van der Waals surface area contributed by atoms with Gasteiger partial charge in [-0.3, -0.25) is 4.79 Å². The van der Waals surface area contributed by atoms with E-state index in [-0.39, 0.29) is 24.1 Å². The number of nitrogens with zero attached hydrogens (tertiary/aromatic N) is 1. The van der Waals surface area contributed by atoms with Gasteiger partial charge < -0.3 is 9.64 Å². The van der Waals surface area contributed by atoms with Crippen molar-refractivity contribution in [3.8, 4) is 5.75 Å². The average Bonchev–Trinajstić information content (AvgIpc) is 2.27. The average molecular weight is 263 g/mol. The van der Waals surface area contributed by atoms with Gasteiger partial charge in [-0.25, -0.2) is 0 Å². The van der Waals surface area contributed by atoms with Gasteiger partial charge in [0.15, 0.2) is 0 Å². The van der Waals surface area contributed by atoms with Crippen LogP contribution in [0, 0.1) is 0 Å². The summed E-state index contributed by atoms with van der Waals surface area (Å²) in [4.78, 5) is 14.3. The first kappa shape index (κ1) is 15.5. The minimum Gasteiger partial charge on any atom is -0.491 e. The first-order valence-corrected chi connectivity index (χ1v) is 6.92. The number of carbonyl (C=O) groups is 1. The molecule has 0 unspecified atom stereocenters. The summed E-state index contributed by atoms with van der Waals surface area (Å²) in [5.74, 6) is 0.869. The van der Waals surface area contributed by atoms with E-state index in [9.17, 15) is 4.79 Å². The van der Waals surface area contributed by atoms with Crippen LogP contribution in [0.5, 0.6) is 5.75 Å². The fraction of sp³-hybridized carbons (Fsp3) is 0.562. The summed E-state index contributed by atoms with van der Waals surface area (Å²) in [5, 5.41) is 0. The van der Waals surface area contributed by atoms with Gasteiger partial charge in [0.2, 0.25) is 0 Å². The Bertz CT molecular complexity index is 399. The minimum absolute atomic E-state index is 0.0705. The topological polar surface area (TPSA) is 29.5 Å². The number of benzene rings is 1. The molecule has 0 heterocycles. The second-order valence-corrected chi connectivity index (χ2v) is 5.59. The van der Waals surface area contributed by atoms with Crippen LogP contribution in [0.25, 0.3) is 0 Å². The molecular formula is C16H25NO2. The smallest absolute Gasteiger partial charge is 0.254 e. The van der Waals surface area contributed by atoms with Crippen molar-refractivity contribution in [3.63, 3.8) is 0 Å². The number of carbonyl (C=O) groups excluding carboxylic acids is 1. The van der Waals surface area contributed by atoms with Crippen LogP contribution in [0.15, 0.2) is 24.3 Å². The van der Waals surface area contributed by atoms with Gasteiger partial charge in [0.1, 0.15) is 5.75 Å². The Morgan fingerprint density at radius 2 is 1.42 bits per heavy atom. The predicted molar refractivity (Wildman–Crippen MR) is 78.6 cm³/mol. The summed E-state index contributed by atoms with van der Waals surface area (Å²) < 4.78 is 5.58. The Hall–Kier alpha value is -1.51. The molecule has 0 atom stereocenters. The van der Waals surface area contributed by atoms with E-state index >= 15 is 0 Å². The lowest BCUT2D eigenvalue weighted by Crippen LogP contribution is -2.42. The van der Waals surface area contributed by atoms with Gasteiger partial charge in [-0.05, 0) is 65.8 Å². The van der Waals surface area contributed by atoms with Gasteiger partial charge in [-0.2, -0.15) is 0 Å². The Kier molecular flexibility index (Phi) is 5.40. The van der Waals surface area contributed by atoms with Crippen molar-refractivity contribution in [3.05, 3.63) is 29.8 Å². The minimum atomic E-state index is 0.0705. The van der Waals surface area contributed by atoms with E-state index in [1.807, 2.05) is 70.7 Å². The maximum Gasteiger partial charge on any atom is 0.254 e. The highest BCUT2D eigenvalue weighted by molar-refractivity contribution is 5.94. The highest BCUT2D eigenvalue weighted by Gasteiger charge is 2.21. The molecule has 0 saturated carbocycles. The molecule has 1 aromatic carbocycles. The highest BCUT2D eigenvalue weighted by Crippen LogP contribution is 2.17. The van der Waals surface area contributed by atoms with E-state index in [1.165, 1.54) is 0 Å². The summed E-state index contributed by atoms with van der Waals surface area (Å²) in [5.41, 5.74) is 0.707. The van der Waals surface area contributed by atoms with Crippen molar-refractivity contribution in [2.45, 2.75) is 59.7 Å². The molecule has 1 amide bonds. The normalized spacial score (nSPS) is 11.2. The summed E-state index contributed by atoms with van der Waals surface area (Å²) >= 11 is 0. The summed E-state index contributed by atoms with van der Waals surface area (Å²) in [6.45, 7) is 12.1. The summed E-state index contributed by atoms with van der Waals surface area (Å²) in [7, 11) is 0. The quantitative estimate of drug-likeness (QED) is 0.810. The van der Waals surface area contributed by atoms with Crippen molar-refractivity contribution in [2.24, 2.45) is 0 Å². The van der Waals surface area contributed by atoms with Crippen LogP contribution < -0.4 is 4.74 Å². The molecule has 0 spiro atoms. The van der Waals surface area contributed by atoms with Gasteiger partial charge in [-0.15, -0.1) is 0 Å². The standard InChI is InChI=1S/C16H25NO2/c1-11(2)17(12(3)4)16(18)14-7-9-15(10-8-14)19-13(5)6/h7-13H,1-6H3.